The number of nitrogens with two attached hydrogens (primary N) is 2. The van der Waals surface area contributed by atoms with Gasteiger partial charge >= 0.3 is 6.16 Å². The molecule has 0 radical (unpaired) electrons. The molecule has 0 aliphatic heterocycles. The van der Waals surface area contributed by atoms with E-state index in [1.807, 2.05) is 47.0 Å². The summed E-state index contributed by atoms with van der Waals surface area (Å²) in [6, 6.07) is 21.7. The topological polar surface area (TPSA) is 190 Å². The van der Waals surface area contributed by atoms with Crippen molar-refractivity contribution in [2.75, 3.05) is 6.73 Å². The number of carbonyl (C=O) groups excluding carboxylic acids is 2. The molecule has 246 valence electrons. The molecule has 0 unspecified atom stereocenters. The number of hydrazone groups is 1. The Kier molecular flexibility index (Phi) is 12.2. The molecule has 1 aromatic heterocycles. The summed E-state index contributed by atoms with van der Waals surface area (Å²) in [7, 11) is 0. The average molecular weight is 664 g/mol. The maximum atomic E-state index is 12.1. The second-order valence-electron chi connectivity index (χ2n) is 10.3. The summed E-state index contributed by atoms with van der Waals surface area (Å²) in [6.07, 6.45) is 2.37. The fraction of sp³-hybridized carbons (Fsp3) is 0.250. The fourth-order valence-electron chi connectivity index (χ4n) is 4.69. The number of aromatic nitrogens is 2. The second-order valence-corrected chi connectivity index (χ2v) is 10.7. The van der Waals surface area contributed by atoms with Gasteiger partial charge in [0.25, 0.3) is 5.09 Å². The van der Waals surface area contributed by atoms with Crippen LogP contribution >= 0.6 is 11.6 Å². The zero-order valence-electron chi connectivity index (χ0n) is 25.6. The summed E-state index contributed by atoms with van der Waals surface area (Å²) >= 11 is 6.23. The molecule has 0 fully saturated rings. The Morgan fingerprint density at radius 2 is 1.79 bits per heavy atom. The van der Waals surface area contributed by atoms with Gasteiger partial charge in [-0.15, -0.1) is 15.2 Å². The van der Waals surface area contributed by atoms with Crippen LogP contribution in [-0.2, 0) is 40.5 Å². The van der Waals surface area contributed by atoms with E-state index in [2.05, 4.69) is 21.8 Å². The maximum absolute atomic E-state index is 12.1. The molecule has 4 rings (SSSR count). The third kappa shape index (κ3) is 9.76. The van der Waals surface area contributed by atoms with Crippen molar-refractivity contribution in [1.82, 2.24) is 14.7 Å². The van der Waals surface area contributed by atoms with E-state index in [0.717, 1.165) is 53.2 Å². The van der Waals surface area contributed by atoms with Gasteiger partial charge in [0.15, 0.2) is 24.0 Å². The molecular formula is C32H34ClN7O7. The van der Waals surface area contributed by atoms with Gasteiger partial charge in [0, 0.05) is 18.5 Å². The van der Waals surface area contributed by atoms with E-state index in [1.165, 1.54) is 0 Å². The van der Waals surface area contributed by atoms with Gasteiger partial charge in [-0.2, -0.15) is 5.12 Å². The highest BCUT2D eigenvalue weighted by molar-refractivity contribution is 6.31. The summed E-state index contributed by atoms with van der Waals surface area (Å²) in [5.74, 6) is 6.77. The number of imidazole rings is 1. The zero-order valence-corrected chi connectivity index (χ0v) is 26.3. The Morgan fingerprint density at radius 1 is 1.06 bits per heavy atom. The fourth-order valence-corrected chi connectivity index (χ4v) is 4.93. The van der Waals surface area contributed by atoms with Gasteiger partial charge < -0.3 is 24.6 Å². The number of rotatable bonds is 16. The first-order valence-electron chi connectivity index (χ1n) is 14.6. The molecule has 4 aromatic rings. The van der Waals surface area contributed by atoms with Gasteiger partial charge in [0.05, 0.1) is 0 Å². The predicted molar refractivity (Wildman–Crippen MR) is 173 cm³/mol. The number of unbranched alkanes of at least 4 members (excludes halogenated alkanes) is 1. The molecule has 15 heteroatoms. The van der Waals surface area contributed by atoms with E-state index in [4.69, 9.17) is 32.7 Å². The number of amidine groups is 1. The van der Waals surface area contributed by atoms with Crippen molar-refractivity contribution in [1.29, 1.82) is 0 Å². The molecule has 0 saturated carbocycles. The molecular weight excluding hydrogens is 630 g/mol. The van der Waals surface area contributed by atoms with Gasteiger partial charge in [-0.25, -0.2) is 15.6 Å². The number of aryl methyl sites for hydroxylation is 1. The number of hydrogen-bond acceptors (Lipinski definition) is 11. The summed E-state index contributed by atoms with van der Waals surface area (Å²) in [5, 5.41) is 14.7. The van der Waals surface area contributed by atoms with Gasteiger partial charge in [-0.3, -0.25) is 4.79 Å². The Hall–Kier alpha value is -5.47. The number of benzene rings is 3. The summed E-state index contributed by atoms with van der Waals surface area (Å²) in [4.78, 5) is 43.0. The molecule has 47 heavy (non-hydrogen) atoms. The first kappa shape index (κ1) is 34.4. The summed E-state index contributed by atoms with van der Waals surface area (Å²) < 4.78 is 12.0. The highest BCUT2D eigenvalue weighted by Crippen LogP contribution is 2.25. The van der Waals surface area contributed by atoms with Gasteiger partial charge in [0.1, 0.15) is 24.7 Å². The van der Waals surface area contributed by atoms with Crippen LogP contribution in [0.2, 0.25) is 5.15 Å². The van der Waals surface area contributed by atoms with Crippen molar-refractivity contribution in [3.63, 3.8) is 0 Å². The van der Waals surface area contributed by atoms with Crippen LogP contribution < -0.4 is 11.6 Å². The van der Waals surface area contributed by atoms with Crippen molar-refractivity contribution in [3.05, 3.63) is 122 Å². The smallest absolute Gasteiger partial charge is 0.429 e. The number of aldehydes is 1. The van der Waals surface area contributed by atoms with Crippen molar-refractivity contribution in [3.8, 4) is 11.1 Å². The number of hydrazine groups is 1. The van der Waals surface area contributed by atoms with Crippen LogP contribution in [0, 0.1) is 10.1 Å². The van der Waals surface area contributed by atoms with E-state index in [-0.39, 0.29) is 24.2 Å². The molecule has 4 N–H and O–H groups in total. The van der Waals surface area contributed by atoms with Crippen LogP contribution in [0.4, 0.5) is 4.79 Å². The van der Waals surface area contributed by atoms with Crippen LogP contribution in [0.25, 0.3) is 11.1 Å². The number of halogens is 1. The Labute approximate surface area is 275 Å². The van der Waals surface area contributed by atoms with E-state index in [9.17, 15) is 19.7 Å². The molecule has 3 aromatic carbocycles. The first-order chi connectivity index (χ1) is 22.7. The molecule has 0 bridgehead atoms. The van der Waals surface area contributed by atoms with E-state index in [0.29, 0.717) is 28.9 Å². The highest BCUT2D eigenvalue weighted by atomic mass is 35.5. The van der Waals surface area contributed by atoms with Crippen LogP contribution in [0.5, 0.6) is 0 Å². The van der Waals surface area contributed by atoms with Crippen LogP contribution in [0.1, 0.15) is 58.3 Å². The third-order valence-corrected chi connectivity index (χ3v) is 7.23. The van der Waals surface area contributed by atoms with Crippen LogP contribution in [0.15, 0.2) is 77.9 Å². The van der Waals surface area contributed by atoms with Crippen molar-refractivity contribution < 1.29 is 29.0 Å². The average Bonchev–Trinajstić information content (AvgIpc) is 3.37. The SMILES string of the molecule is CCCCc1nc(Cl)c(C=O)n1Cc1ccc(-c2ccccc2/C(N)=N/N(N)COC(=O)OCc2cccc(CO[N+](=O)[O-])c2)cc1. The lowest BCUT2D eigenvalue weighted by molar-refractivity contribution is -0.763. The lowest BCUT2D eigenvalue weighted by atomic mass is 9.98. The monoisotopic (exact) mass is 663 g/mol. The lowest BCUT2D eigenvalue weighted by Gasteiger charge is -2.15. The van der Waals surface area contributed by atoms with Crippen molar-refractivity contribution in [2.24, 2.45) is 16.7 Å². The lowest BCUT2D eigenvalue weighted by Crippen LogP contribution is -2.33. The van der Waals surface area contributed by atoms with E-state index >= 15 is 0 Å². The molecule has 0 saturated heterocycles. The minimum Gasteiger partial charge on any atom is -0.429 e. The van der Waals surface area contributed by atoms with E-state index in [1.54, 1.807) is 30.3 Å². The largest absolute Gasteiger partial charge is 0.510 e. The highest BCUT2D eigenvalue weighted by Gasteiger charge is 2.16. The Balaban J connectivity index is 1.37. The Bertz CT molecular complexity index is 1730. The molecule has 0 aliphatic rings. The molecule has 0 spiro atoms. The zero-order chi connectivity index (χ0) is 33.8. The number of hydrogen-bond donors (Lipinski definition) is 2. The van der Waals surface area contributed by atoms with Gasteiger partial charge in [-0.05, 0) is 34.2 Å². The standard InChI is InChI=1S/C32H34ClN7O7/c1-2-3-11-29-36-30(33)28(18-41)38(29)17-22-12-14-25(15-13-22)26-9-4-5-10-27(26)31(34)37-39(35)21-46-32(42)45-19-23-7-6-8-24(16-23)20-47-40(43)44/h4-10,12-16,18H,2-3,11,17,19-21,35H2,1H3,(H2,34,37). The van der Waals surface area contributed by atoms with Crippen molar-refractivity contribution >= 4 is 29.9 Å². The number of nitrogens with zero attached hydrogens (tertiary/aromatic N) is 5. The third-order valence-electron chi connectivity index (χ3n) is 6.95. The number of carbonyl (C=O) groups is 2. The summed E-state index contributed by atoms with van der Waals surface area (Å²) in [6.45, 7) is 1.71. The molecule has 0 amide bonds. The quantitative estimate of drug-likeness (QED) is 0.0233. The first-order valence-corrected chi connectivity index (χ1v) is 15.0. The minimum atomic E-state index is -1.00. The summed E-state index contributed by atoms with van der Waals surface area (Å²) in [5.41, 5.74) is 11.0. The maximum Gasteiger partial charge on any atom is 0.510 e. The van der Waals surface area contributed by atoms with E-state index < -0.39 is 18.0 Å². The molecule has 14 nitrogen and oxygen atoms in total. The number of ether oxygens (including phenoxy) is 2. The molecule has 0 atom stereocenters. The normalized spacial score (nSPS) is 11.2. The second kappa shape index (κ2) is 16.7. The van der Waals surface area contributed by atoms with Crippen molar-refractivity contribution in [2.45, 2.75) is 45.9 Å². The molecule has 0 aliphatic carbocycles. The van der Waals surface area contributed by atoms with Gasteiger partial charge in [0.2, 0.25) is 0 Å². The van der Waals surface area contributed by atoms with Crippen LogP contribution in [-0.4, -0.2) is 44.8 Å². The van der Waals surface area contributed by atoms with Gasteiger partial charge in [-0.1, -0.05) is 97.7 Å². The Morgan fingerprint density at radius 3 is 2.49 bits per heavy atom. The predicted octanol–water partition coefficient (Wildman–Crippen LogP) is 5.22. The minimum absolute atomic E-state index is 0.0853. The molecule has 1 heterocycles. The van der Waals surface area contributed by atoms with Crippen LogP contribution in [0.3, 0.4) is 0 Å².